The first-order chi connectivity index (χ1) is 12.1. The highest BCUT2D eigenvalue weighted by Gasteiger charge is 2.26. The lowest BCUT2D eigenvalue weighted by molar-refractivity contribution is 0.0715. The number of benzene rings is 1. The Kier molecular flexibility index (Phi) is 3.92. The second-order valence-electron chi connectivity index (χ2n) is 6.73. The van der Waals surface area contributed by atoms with Gasteiger partial charge in [-0.2, -0.15) is 0 Å². The molecule has 0 unspecified atom stereocenters. The molecule has 3 heterocycles. The SMILES string of the molecule is Cc1c[nH]c(=O)c2c(C(=O)N3CCC(c4ccccc4)CC3)c[nH]c12. The topological polar surface area (TPSA) is 69.0 Å². The van der Waals surface area contributed by atoms with Crippen LogP contribution in [0.15, 0.2) is 47.5 Å². The minimum atomic E-state index is -0.218. The summed E-state index contributed by atoms with van der Waals surface area (Å²) in [5.41, 5.74) is 3.26. The third-order valence-electron chi connectivity index (χ3n) is 5.20. The minimum absolute atomic E-state index is 0.0612. The number of amides is 1. The Balaban J connectivity index is 1.55. The van der Waals surface area contributed by atoms with Gasteiger partial charge in [-0.25, -0.2) is 0 Å². The number of likely N-dealkylation sites (tertiary alicyclic amines) is 1. The molecule has 5 nitrogen and oxygen atoms in total. The Labute approximate surface area is 145 Å². The van der Waals surface area contributed by atoms with Gasteiger partial charge < -0.3 is 14.9 Å². The molecule has 1 fully saturated rings. The van der Waals surface area contributed by atoms with Gasteiger partial charge in [0.05, 0.1) is 16.5 Å². The summed E-state index contributed by atoms with van der Waals surface area (Å²) < 4.78 is 0. The number of pyridine rings is 1. The highest BCUT2D eigenvalue weighted by molar-refractivity contribution is 6.07. The number of nitrogens with one attached hydrogen (secondary N) is 2. The van der Waals surface area contributed by atoms with Crippen molar-refractivity contribution < 1.29 is 4.79 Å². The summed E-state index contributed by atoms with van der Waals surface area (Å²) in [4.78, 5) is 32.8. The first-order valence-corrected chi connectivity index (χ1v) is 8.68. The van der Waals surface area contributed by atoms with Gasteiger partial charge in [0.2, 0.25) is 0 Å². The molecular formula is C20H21N3O2. The molecule has 2 N–H and O–H groups in total. The largest absolute Gasteiger partial charge is 0.360 e. The fraction of sp³-hybridized carbons (Fsp3) is 0.300. The number of aromatic nitrogens is 2. The fourth-order valence-corrected chi connectivity index (χ4v) is 3.77. The van der Waals surface area contributed by atoms with Crippen LogP contribution in [0, 0.1) is 6.92 Å². The maximum Gasteiger partial charge on any atom is 0.258 e. The van der Waals surface area contributed by atoms with E-state index in [4.69, 9.17) is 0 Å². The van der Waals surface area contributed by atoms with Crippen molar-refractivity contribution in [1.29, 1.82) is 0 Å². The van der Waals surface area contributed by atoms with Crippen LogP contribution < -0.4 is 5.56 Å². The Morgan fingerprint density at radius 3 is 2.52 bits per heavy atom. The lowest BCUT2D eigenvalue weighted by Gasteiger charge is -2.32. The van der Waals surface area contributed by atoms with Gasteiger partial charge in [-0.15, -0.1) is 0 Å². The maximum absolute atomic E-state index is 12.9. The number of carbonyl (C=O) groups is 1. The number of piperidine rings is 1. The van der Waals surface area contributed by atoms with Crippen LogP contribution in [-0.2, 0) is 0 Å². The van der Waals surface area contributed by atoms with Gasteiger partial charge in [-0.3, -0.25) is 9.59 Å². The van der Waals surface area contributed by atoms with Gasteiger partial charge >= 0.3 is 0 Å². The van der Waals surface area contributed by atoms with Gasteiger partial charge in [0.15, 0.2) is 0 Å². The zero-order valence-corrected chi connectivity index (χ0v) is 14.2. The molecule has 128 valence electrons. The summed E-state index contributed by atoms with van der Waals surface area (Å²) in [6.07, 6.45) is 5.24. The van der Waals surface area contributed by atoms with Crippen molar-refractivity contribution in [2.75, 3.05) is 13.1 Å². The van der Waals surface area contributed by atoms with E-state index in [9.17, 15) is 9.59 Å². The number of H-pyrrole nitrogens is 2. The molecule has 0 spiro atoms. The minimum Gasteiger partial charge on any atom is -0.360 e. The van der Waals surface area contributed by atoms with Gasteiger partial charge in [0.1, 0.15) is 0 Å². The Morgan fingerprint density at radius 1 is 1.08 bits per heavy atom. The zero-order chi connectivity index (χ0) is 17.4. The predicted molar refractivity (Wildman–Crippen MR) is 98.0 cm³/mol. The van der Waals surface area contributed by atoms with Crippen molar-refractivity contribution in [1.82, 2.24) is 14.9 Å². The lowest BCUT2D eigenvalue weighted by atomic mass is 9.89. The van der Waals surface area contributed by atoms with E-state index in [2.05, 4.69) is 34.2 Å². The molecule has 1 aliphatic rings. The predicted octanol–water partition coefficient (Wildman–Crippen LogP) is 3.18. The summed E-state index contributed by atoms with van der Waals surface area (Å²) >= 11 is 0. The number of aryl methyl sites for hydroxylation is 1. The molecule has 5 heteroatoms. The van der Waals surface area contributed by atoms with Crippen molar-refractivity contribution in [2.24, 2.45) is 0 Å². The lowest BCUT2D eigenvalue weighted by Crippen LogP contribution is -2.38. The van der Waals surface area contributed by atoms with Crippen LogP contribution in [-0.4, -0.2) is 33.9 Å². The third kappa shape index (κ3) is 2.76. The van der Waals surface area contributed by atoms with E-state index in [1.54, 1.807) is 12.4 Å². The summed E-state index contributed by atoms with van der Waals surface area (Å²) in [5, 5.41) is 0.468. The number of hydrogen-bond acceptors (Lipinski definition) is 2. The van der Waals surface area contributed by atoms with E-state index in [0.29, 0.717) is 16.9 Å². The van der Waals surface area contributed by atoms with E-state index < -0.39 is 0 Å². The number of fused-ring (bicyclic) bond motifs is 1. The molecule has 1 amide bonds. The van der Waals surface area contributed by atoms with Gasteiger partial charge in [0.25, 0.3) is 11.5 Å². The number of hydrogen-bond donors (Lipinski definition) is 2. The van der Waals surface area contributed by atoms with Crippen molar-refractivity contribution in [3.8, 4) is 0 Å². The molecule has 25 heavy (non-hydrogen) atoms. The quantitative estimate of drug-likeness (QED) is 0.755. The van der Waals surface area contributed by atoms with Crippen LogP contribution in [0.2, 0.25) is 0 Å². The molecule has 0 bridgehead atoms. The molecule has 2 aromatic heterocycles. The Bertz CT molecular complexity index is 964. The maximum atomic E-state index is 12.9. The highest BCUT2D eigenvalue weighted by Crippen LogP contribution is 2.29. The van der Waals surface area contributed by atoms with E-state index in [1.165, 1.54) is 5.56 Å². The van der Waals surface area contributed by atoms with E-state index in [1.807, 2.05) is 17.9 Å². The van der Waals surface area contributed by atoms with Gasteiger partial charge in [0, 0.05) is 25.5 Å². The van der Waals surface area contributed by atoms with Gasteiger partial charge in [-0.05, 0) is 36.8 Å². The average molecular weight is 335 g/mol. The van der Waals surface area contributed by atoms with E-state index >= 15 is 0 Å². The number of rotatable bonds is 2. The van der Waals surface area contributed by atoms with Crippen LogP contribution in [0.4, 0.5) is 0 Å². The average Bonchev–Trinajstić information content (AvgIpc) is 3.11. The summed E-state index contributed by atoms with van der Waals surface area (Å²) in [7, 11) is 0. The van der Waals surface area contributed by atoms with Crippen LogP contribution >= 0.6 is 0 Å². The van der Waals surface area contributed by atoms with Crippen molar-refractivity contribution >= 4 is 16.8 Å². The normalized spacial score (nSPS) is 15.6. The summed E-state index contributed by atoms with van der Waals surface area (Å²) in [5.74, 6) is 0.438. The van der Waals surface area contributed by atoms with Crippen LogP contribution in [0.5, 0.6) is 0 Å². The Morgan fingerprint density at radius 2 is 1.80 bits per heavy atom. The number of nitrogens with zero attached hydrogens (tertiary/aromatic N) is 1. The molecule has 0 radical (unpaired) electrons. The monoisotopic (exact) mass is 335 g/mol. The molecule has 1 aromatic carbocycles. The second kappa shape index (κ2) is 6.24. The van der Waals surface area contributed by atoms with Crippen molar-refractivity contribution in [3.63, 3.8) is 0 Å². The molecule has 0 atom stereocenters. The second-order valence-corrected chi connectivity index (χ2v) is 6.73. The van der Waals surface area contributed by atoms with Crippen LogP contribution in [0.1, 0.15) is 40.2 Å². The molecule has 1 saturated heterocycles. The smallest absolute Gasteiger partial charge is 0.258 e. The van der Waals surface area contributed by atoms with Crippen LogP contribution in [0.3, 0.4) is 0 Å². The standard InChI is InChI=1S/C20H21N3O2/c1-13-11-22-19(24)17-16(12-21-18(13)17)20(25)23-9-7-15(8-10-23)14-5-3-2-4-6-14/h2-6,11-12,15,21H,7-10H2,1H3,(H,22,24). The van der Waals surface area contributed by atoms with Gasteiger partial charge in [-0.1, -0.05) is 30.3 Å². The highest BCUT2D eigenvalue weighted by atomic mass is 16.2. The molecule has 3 aromatic rings. The first kappa shape index (κ1) is 15.7. The zero-order valence-electron chi connectivity index (χ0n) is 14.2. The van der Waals surface area contributed by atoms with Crippen molar-refractivity contribution in [3.05, 3.63) is 69.8 Å². The van der Waals surface area contributed by atoms with Crippen LogP contribution in [0.25, 0.3) is 10.9 Å². The molecule has 0 saturated carbocycles. The van der Waals surface area contributed by atoms with E-state index in [-0.39, 0.29) is 11.5 Å². The first-order valence-electron chi connectivity index (χ1n) is 8.68. The van der Waals surface area contributed by atoms with E-state index in [0.717, 1.165) is 37.0 Å². The molecule has 1 aliphatic heterocycles. The number of aromatic amines is 2. The number of carbonyl (C=O) groups excluding carboxylic acids is 1. The fourth-order valence-electron chi connectivity index (χ4n) is 3.77. The molecule has 0 aliphatic carbocycles. The van der Waals surface area contributed by atoms with Crippen molar-refractivity contribution in [2.45, 2.75) is 25.7 Å². The Hall–Kier alpha value is -2.82. The molecular weight excluding hydrogens is 314 g/mol. The molecule has 4 rings (SSSR count). The summed E-state index contributed by atoms with van der Waals surface area (Å²) in [6, 6.07) is 10.5. The third-order valence-corrected chi connectivity index (χ3v) is 5.20. The summed E-state index contributed by atoms with van der Waals surface area (Å²) in [6.45, 7) is 3.35.